The maximum atomic E-state index is 12.2. The third-order valence-corrected chi connectivity index (χ3v) is 11.2. The predicted molar refractivity (Wildman–Crippen MR) is 180 cm³/mol. The zero-order chi connectivity index (χ0) is 30.0. The van der Waals surface area contributed by atoms with E-state index in [9.17, 15) is 4.79 Å². The predicted octanol–water partition coefficient (Wildman–Crippen LogP) is 7.77. The number of esters is 1. The fourth-order valence-corrected chi connectivity index (χ4v) is 9.57. The molecule has 5 aromatic rings. The van der Waals surface area contributed by atoms with Crippen LogP contribution in [-0.2, 0) is 4.79 Å². The number of ether oxygens (including phenoxy) is 2. The Hall–Kier alpha value is -4.59. The lowest BCUT2D eigenvalue weighted by Gasteiger charge is -2.33. The highest BCUT2D eigenvalue weighted by atomic mass is 31.2. The van der Waals surface area contributed by atoms with E-state index in [1.54, 1.807) is 14.0 Å². The Kier molecular flexibility index (Phi) is 10.4. The van der Waals surface area contributed by atoms with Crippen molar-refractivity contribution in [2.45, 2.75) is 20.8 Å². The number of carbonyl (C=O) groups excluding carboxylic acids is 1. The van der Waals surface area contributed by atoms with Gasteiger partial charge in [-0.1, -0.05) is 136 Å². The Labute approximate surface area is 250 Å². The first-order chi connectivity index (χ1) is 20.5. The third-order valence-electron chi connectivity index (χ3n) is 6.82. The minimum absolute atomic E-state index is 0.358. The van der Waals surface area contributed by atoms with Gasteiger partial charge < -0.3 is 9.47 Å². The van der Waals surface area contributed by atoms with E-state index >= 15 is 0 Å². The van der Waals surface area contributed by atoms with E-state index in [0.717, 1.165) is 16.9 Å². The number of benzene rings is 5. The fraction of sp³-hybridized carbons (Fsp3) is 0.105. The summed E-state index contributed by atoms with van der Waals surface area (Å²) in [7, 11) is 1.68. The minimum Gasteiger partial charge on any atom is -0.497 e. The first-order valence-electron chi connectivity index (χ1n) is 14.1. The van der Waals surface area contributed by atoms with Crippen LogP contribution < -0.4 is 25.4 Å². The van der Waals surface area contributed by atoms with Gasteiger partial charge in [0.25, 0.3) is 0 Å². The molecule has 0 aliphatic rings. The van der Waals surface area contributed by atoms with Crippen LogP contribution in [0, 0.1) is 0 Å². The molecule has 5 aromatic carbocycles. The van der Waals surface area contributed by atoms with Crippen molar-refractivity contribution in [3.8, 4) is 11.5 Å². The monoisotopic (exact) mass is 572 g/mol. The summed E-state index contributed by atoms with van der Waals surface area (Å²) in [6.45, 7) is 6.91. The normalized spacial score (nSPS) is 10.6. The Morgan fingerprint density at radius 1 is 0.571 bits per heavy atom. The zero-order valence-electron chi connectivity index (χ0n) is 24.7. The van der Waals surface area contributed by atoms with E-state index in [1.807, 2.05) is 50.2 Å². The highest BCUT2D eigenvalue weighted by Gasteiger charge is 2.31. The molecule has 0 bridgehead atoms. The summed E-state index contributed by atoms with van der Waals surface area (Å²) in [6, 6.07) is 48.4. The molecule has 0 unspecified atom stereocenters. The maximum Gasteiger partial charge on any atom is 0.338 e. The van der Waals surface area contributed by atoms with Gasteiger partial charge in [0, 0.05) is 5.57 Å². The van der Waals surface area contributed by atoms with Gasteiger partial charge >= 0.3 is 5.97 Å². The van der Waals surface area contributed by atoms with Crippen LogP contribution in [0.25, 0.3) is 0 Å². The van der Waals surface area contributed by atoms with Crippen LogP contribution in [0.5, 0.6) is 11.5 Å². The van der Waals surface area contributed by atoms with Crippen LogP contribution in [0.4, 0.5) is 0 Å². The Morgan fingerprint density at radius 3 is 1.26 bits per heavy atom. The lowest BCUT2D eigenvalue weighted by atomic mass is 10.0. The van der Waals surface area contributed by atoms with Crippen molar-refractivity contribution in [1.82, 2.24) is 0 Å². The van der Waals surface area contributed by atoms with Crippen molar-refractivity contribution >= 4 is 34.1 Å². The summed E-state index contributed by atoms with van der Waals surface area (Å²) in [5.41, 5.74) is 2.50. The van der Waals surface area contributed by atoms with Gasteiger partial charge in [-0.2, -0.15) is 0 Å². The number of carbonyl (C=O) groups is 1. The lowest BCUT2D eigenvalue weighted by Crippen LogP contribution is -2.31. The van der Waals surface area contributed by atoms with Crippen LogP contribution in [0.3, 0.4) is 0 Å². The van der Waals surface area contributed by atoms with Gasteiger partial charge in [0.05, 0.1) is 7.11 Å². The molecule has 0 aliphatic heterocycles. The second-order valence-electron chi connectivity index (χ2n) is 9.45. The van der Waals surface area contributed by atoms with Gasteiger partial charge in [-0.25, -0.2) is 4.79 Å². The standard InChI is InChI=1S/C36H31O3P.C2H6/c1-27(2)36(37)39-31-25-21-29(22-26-31)35(28-19-23-30(38-3)24-20-28)40(32-13-7-4-8-14-32,33-15-9-5-10-16-33)34-17-11-6-12-18-34;1-2/h4-26H,1H2,2-3H3;1-2H3. The molecule has 5 rings (SSSR count). The van der Waals surface area contributed by atoms with Crippen molar-refractivity contribution in [2.75, 3.05) is 7.11 Å². The highest BCUT2D eigenvalue weighted by molar-refractivity contribution is 7.96. The van der Waals surface area contributed by atoms with Crippen LogP contribution in [0.2, 0.25) is 0 Å². The van der Waals surface area contributed by atoms with Crippen molar-refractivity contribution in [3.63, 3.8) is 0 Å². The number of hydrogen-bond acceptors (Lipinski definition) is 3. The molecule has 0 heterocycles. The molecule has 0 N–H and O–H groups in total. The van der Waals surface area contributed by atoms with Crippen molar-refractivity contribution < 1.29 is 14.3 Å². The zero-order valence-corrected chi connectivity index (χ0v) is 25.6. The molecule has 0 fully saturated rings. The molecule has 4 heteroatoms. The molecule has 3 nitrogen and oxygen atoms in total. The van der Waals surface area contributed by atoms with Gasteiger partial charge in [-0.15, -0.1) is 0 Å². The van der Waals surface area contributed by atoms with E-state index in [1.165, 1.54) is 21.2 Å². The smallest absolute Gasteiger partial charge is 0.338 e. The third kappa shape index (κ3) is 6.33. The molecule has 0 aliphatic carbocycles. The molecule has 0 aromatic heterocycles. The Morgan fingerprint density at radius 2 is 0.929 bits per heavy atom. The van der Waals surface area contributed by atoms with Gasteiger partial charge in [0.2, 0.25) is 0 Å². The maximum absolute atomic E-state index is 12.2. The van der Waals surface area contributed by atoms with Gasteiger partial charge in [-0.3, -0.25) is 0 Å². The number of rotatable bonds is 8. The molecule has 0 atom stereocenters. The van der Waals surface area contributed by atoms with Crippen LogP contribution in [-0.4, -0.2) is 18.4 Å². The molecule has 0 spiro atoms. The number of methoxy groups -OCH3 is 1. The lowest BCUT2D eigenvalue weighted by molar-refractivity contribution is -0.130. The highest BCUT2D eigenvalue weighted by Crippen LogP contribution is 2.49. The molecular formula is C38H37O3P. The molecule has 0 saturated carbocycles. The molecular weight excluding hydrogens is 535 g/mol. The largest absolute Gasteiger partial charge is 0.497 e. The Balaban J connectivity index is 0.00000198. The molecule has 0 radical (unpaired) electrons. The summed E-state index contributed by atoms with van der Waals surface area (Å²) >= 11 is 0. The van der Waals surface area contributed by atoms with Gasteiger partial charge in [0.15, 0.2) is 0 Å². The summed E-state index contributed by atoms with van der Waals surface area (Å²) in [6.07, 6.45) is 0. The fourth-order valence-electron chi connectivity index (χ4n) is 4.97. The average molecular weight is 573 g/mol. The first-order valence-corrected chi connectivity index (χ1v) is 15.9. The van der Waals surface area contributed by atoms with E-state index in [4.69, 9.17) is 9.47 Å². The first kappa shape index (κ1) is 30.4. The summed E-state index contributed by atoms with van der Waals surface area (Å²) in [5, 5.41) is 4.94. The van der Waals surface area contributed by atoms with E-state index in [2.05, 4.69) is 110 Å². The second kappa shape index (κ2) is 14.3. The molecule has 0 amide bonds. The van der Waals surface area contributed by atoms with E-state index in [-0.39, 0.29) is 0 Å². The van der Waals surface area contributed by atoms with Gasteiger partial charge in [-0.05, 0) is 70.4 Å². The van der Waals surface area contributed by atoms with Crippen LogP contribution in [0.1, 0.15) is 31.9 Å². The SMILES string of the molecule is C=C(C)C(=O)Oc1ccc(C(c2ccc(OC)cc2)=P(c2ccccc2)(c2ccccc2)c2ccccc2)cc1.CC. The van der Waals surface area contributed by atoms with Crippen LogP contribution in [0.15, 0.2) is 152 Å². The summed E-state index contributed by atoms with van der Waals surface area (Å²) < 4.78 is 11.0. The average Bonchev–Trinajstić information content (AvgIpc) is 3.06. The van der Waals surface area contributed by atoms with E-state index in [0.29, 0.717) is 11.3 Å². The topological polar surface area (TPSA) is 35.5 Å². The minimum atomic E-state index is -2.44. The summed E-state index contributed by atoms with van der Waals surface area (Å²) in [5.74, 6) is 0.842. The summed E-state index contributed by atoms with van der Waals surface area (Å²) in [4.78, 5) is 12.2. The molecule has 0 saturated heterocycles. The van der Waals surface area contributed by atoms with Gasteiger partial charge in [0.1, 0.15) is 11.5 Å². The van der Waals surface area contributed by atoms with Crippen molar-refractivity contribution in [1.29, 1.82) is 0 Å². The Bertz CT molecular complexity index is 1550. The molecule has 212 valence electrons. The van der Waals surface area contributed by atoms with E-state index < -0.39 is 12.9 Å². The second-order valence-corrected chi connectivity index (χ2v) is 12.8. The van der Waals surface area contributed by atoms with Crippen LogP contribution >= 0.6 is 6.89 Å². The molecule has 42 heavy (non-hydrogen) atoms. The quantitative estimate of drug-likeness (QED) is 0.0825. The van der Waals surface area contributed by atoms with Crippen molar-refractivity contribution in [2.24, 2.45) is 0 Å². The number of hydrogen-bond donors (Lipinski definition) is 0. The van der Waals surface area contributed by atoms with Crippen molar-refractivity contribution in [3.05, 3.63) is 163 Å².